The zero-order valence-corrected chi connectivity index (χ0v) is 24.8. The predicted molar refractivity (Wildman–Crippen MR) is 154 cm³/mol. The topological polar surface area (TPSA) is 250 Å². The zero-order chi connectivity index (χ0) is 31.4. The minimum absolute atomic E-state index is 0.0507. The Morgan fingerprint density at radius 3 is 2.63 bits per heavy atom. The standard InChI is InChI=1S/C24H29N9O8S2/c1-13(11-39-15-6-4-14(5-7-15)20(25)29-10-17-27-8-9-28-17)40-32-18(16-12-42-23(26)30-16)21(34)31-19-22(35)33(24(19,2)3)41-43(36,37)38/h4-9,12-13,19H,10-11H2,1-3H3,(H2,25,29)(H2,26,30)(H,27,28)(H,31,34)(H,36,37,38)/b32-18-/t13?,19-/m1/s1. The normalized spacial score (nSPS) is 17.7. The average Bonchev–Trinajstić information content (AvgIpc) is 3.64. The molecule has 0 saturated carbocycles. The van der Waals surface area contributed by atoms with E-state index in [0.717, 1.165) is 11.3 Å². The van der Waals surface area contributed by atoms with Crippen LogP contribution in [-0.4, -0.2) is 80.6 Å². The summed E-state index contributed by atoms with van der Waals surface area (Å²) in [6.07, 6.45) is 2.69. The molecule has 1 aliphatic rings. The lowest BCUT2D eigenvalue weighted by Crippen LogP contribution is -2.76. The zero-order valence-electron chi connectivity index (χ0n) is 23.1. The molecule has 0 bridgehead atoms. The number of nitrogen functional groups attached to an aromatic ring is 1. The first-order chi connectivity index (χ1) is 20.2. The van der Waals surface area contributed by atoms with Gasteiger partial charge in [0.2, 0.25) is 0 Å². The Labute approximate surface area is 249 Å². The second kappa shape index (κ2) is 12.7. The molecule has 3 heterocycles. The van der Waals surface area contributed by atoms with Crippen LogP contribution in [0.25, 0.3) is 0 Å². The Balaban J connectivity index is 1.36. The van der Waals surface area contributed by atoms with Gasteiger partial charge in [-0.15, -0.1) is 15.6 Å². The molecule has 1 aromatic carbocycles. The molecule has 43 heavy (non-hydrogen) atoms. The van der Waals surface area contributed by atoms with Crippen molar-refractivity contribution in [2.24, 2.45) is 15.9 Å². The molecular weight excluding hydrogens is 606 g/mol. The van der Waals surface area contributed by atoms with E-state index >= 15 is 0 Å². The number of nitrogens with one attached hydrogen (secondary N) is 2. The van der Waals surface area contributed by atoms with Gasteiger partial charge in [0.1, 0.15) is 35.8 Å². The number of hydrogen-bond donors (Lipinski definition) is 5. The molecule has 3 aromatic rings. The van der Waals surface area contributed by atoms with Crippen molar-refractivity contribution in [3.8, 4) is 5.75 Å². The number of oxime groups is 1. The molecule has 17 nitrogen and oxygen atoms in total. The van der Waals surface area contributed by atoms with Crippen LogP contribution >= 0.6 is 11.3 Å². The number of anilines is 1. The third-order valence-electron chi connectivity index (χ3n) is 6.01. The highest BCUT2D eigenvalue weighted by molar-refractivity contribution is 7.80. The Morgan fingerprint density at radius 1 is 1.33 bits per heavy atom. The first-order valence-corrected chi connectivity index (χ1v) is 14.8. The van der Waals surface area contributed by atoms with E-state index in [1.807, 2.05) is 0 Å². The lowest BCUT2D eigenvalue weighted by molar-refractivity contribution is -0.218. The van der Waals surface area contributed by atoms with Crippen LogP contribution < -0.4 is 21.5 Å². The number of hydrogen-bond acceptors (Lipinski definition) is 13. The van der Waals surface area contributed by atoms with E-state index in [2.05, 4.69) is 34.7 Å². The fourth-order valence-corrected chi connectivity index (χ4v) is 4.77. The van der Waals surface area contributed by atoms with Gasteiger partial charge in [0.05, 0.1) is 12.1 Å². The molecule has 0 radical (unpaired) electrons. The van der Waals surface area contributed by atoms with Crippen LogP contribution in [0.1, 0.15) is 37.9 Å². The van der Waals surface area contributed by atoms with Gasteiger partial charge in [-0.05, 0) is 45.0 Å². The summed E-state index contributed by atoms with van der Waals surface area (Å²) in [7, 11) is -4.96. The van der Waals surface area contributed by atoms with Crippen LogP contribution in [0.3, 0.4) is 0 Å². The molecule has 230 valence electrons. The largest absolute Gasteiger partial charge is 0.490 e. The van der Waals surface area contributed by atoms with E-state index in [0.29, 0.717) is 34.6 Å². The highest BCUT2D eigenvalue weighted by Crippen LogP contribution is 2.33. The maximum atomic E-state index is 13.1. The fraction of sp³-hybridized carbons (Fsp3) is 0.333. The number of nitrogens with two attached hydrogens (primary N) is 2. The van der Waals surface area contributed by atoms with Crippen molar-refractivity contribution in [2.45, 2.75) is 45.0 Å². The van der Waals surface area contributed by atoms with Gasteiger partial charge >= 0.3 is 10.4 Å². The van der Waals surface area contributed by atoms with Crippen molar-refractivity contribution in [2.75, 3.05) is 12.3 Å². The van der Waals surface area contributed by atoms with Gasteiger partial charge in [-0.1, -0.05) is 5.16 Å². The van der Waals surface area contributed by atoms with Crippen LogP contribution in [0.15, 0.2) is 52.2 Å². The smallest absolute Gasteiger partial charge is 0.418 e. The molecular formula is C24H29N9O8S2. The van der Waals surface area contributed by atoms with Crippen molar-refractivity contribution < 1.29 is 36.4 Å². The summed E-state index contributed by atoms with van der Waals surface area (Å²) in [4.78, 5) is 46.5. The van der Waals surface area contributed by atoms with Gasteiger partial charge in [0.25, 0.3) is 11.8 Å². The van der Waals surface area contributed by atoms with Gasteiger partial charge in [0, 0.05) is 23.3 Å². The average molecular weight is 636 g/mol. The van der Waals surface area contributed by atoms with E-state index in [9.17, 15) is 18.0 Å². The molecule has 1 unspecified atom stereocenters. The Kier molecular flexibility index (Phi) is 9.28. The van der Waals surface area contributed by atoms with Crippen molar-refractivity contribution >= 4 is 50.2 Å². The molecule has 7 N–H and O–H groups in total. The van der Waals surface area contributed by atoms with Gasteiger partial charge in [0.15, 0.2) is 16.9 Å². The SMILES string of the molecule is CC(COc1ccc(C(N)=NCc2ncc[nH]2)cc1)O/N=C(\C(=O)N[C@@H]1C(=O)N(OS(=O)(=O)O)C1(C)C)c1csc(N)n1. The number of aromatic amines is 1. The number of nitrogens with zero attached hydrogens (tertiary/aromatic N) is 5. The number of amidine groups is 1. The number of β-lactam (4-membered cyclic amide) rings is 1. The monoisotopic (exact) mass is 635 g/mol. The van der Waals surface area contributed by atoms with Crippen molar-refractivity contribution in [1.29, 1.82) is 0 Å². The van der Waals surface area contributed by atoms with Gasteiger partial charge < -0.3 is 31.3 Å². The Hall–Kier alpha value is -4.59. The first kappa shape index (κ1) is 31.3. The van der Waals surface area contributed by atoms with E-state index in [1.54, 1.807) is 43.6 Å². The summed E-state index contributed by atoms with van der Waals surface area (Å²) in [6.45, 7) is 4.87. The van der Waals surface area contributed by atoms with Crippen LogP contribution in [0.2, 0.25) is 0 Å². The van der Waals surface area contributed by atoms with E-state index < -0.39 is 39.9 Å². The molecule has 1 aliphatic heterocycles. The summed E-state index contributed by atoms with van der Waals surface area (Å²) in [5.74, 6) is -0.205. The highest BCUT2D eigenvalue weighted by Gasteiger charge is 2.58. The van der Waals surface area contributed by atoms with Crippen molar-refractivity contribution in [3.05, 3.63) is 59.1 Å². The minimum atomic E-state index is -4.96. The number of H-pyrrole nitrogens is 1. The molecule has 0 spiro atoms. The Morgan fingerprint density at radius 2 is 2.05 bits per heavy atom. The third kappa shape index (κ3) is 7.83. The van der Waals surface area contributed by atoms with Crippen LogP contribution in [0.5, 0.6) is 5.75 Å². The summed E-state index contributed by atoms with van der Waals surface area (Å²) in [6, 6.07) is 5.71. The van der Waals surface area contributed by atoms with Crippen LogP contribution in [0.4, 0.5) is 5.13 Å². The van der Waals surface area contributed by atoms with Crippen molar-refractivity contribution in [3.63, 3.8) is 0 Å². The van der Waals surface area contributed by atoms with E-state index in [1.165, 1.54) is 19.2 Å². The lowest BCUT2D eigenvalue weighted by Gasteiger charge is -2.50. The number of hydroxylamine groups is 2. The number of amides is 2. The minimum Gasteiger partial charge on any atom is -0.490 e. The number of carbonyl (C=O) groups is 2. The number of aromatic nitrogens is 3. The molecule has 1 saturated heterocycles. The van der Waals surface area contributed by atoms with Crippen LogP contribution in [-0.2, 0) is 35.7 Å². The molecule has 2 amide bonds. The van der Waals surface area contributed by atoms with Crippen LogP contribution in [0, 0.1) is 0 Å². The Bertz CT molecular complexity index is 1620. The second-order valence-electron chi connectivity index (χ2n) is 9.69. The lowest BCUT2D eigenvalue weighted by atomic mass is 9.84. The number of imidazole rings is 1. The molecule has 0 aliphatic carbocycles. The molecule has 1 fully saturated rings. The summed E-state index contributed by atoms with van der Waals surface area (Å²) >= 11 is 1.06. The number of ether oxygens (including phenoxy) is 1. The maximum Gasteiger partial charge on any atom is 0.418 e. The number of benzene rings is 1. The summed E-state index contributed by atoms with van der Waals surface area (Å²) < 4.78 is 41.1. The summed E-state index contributed by atoms with van der Waals surface area (Å²) in [5.41, 5.74) is 10.9. The fourth-order valence-electron chi connectivity index (χ4n) is 3.76. The molecule has 2 aromatic heterocycles. The van der Waals surface area contributed by atoms with Gasteiger partial charge in [-0.25, -0.2) is 9.97 Å². The first-order valence-electron chi connectivity index (χ1n) is 12.5. The van der Waals surface area contributed by atoms with E-state index in [-0.39, 0.29) is 23.1 Å². The molecule has 4 rings (SSSR count). The maximum absolute atomic E-state index is 13.1. The van der Waals surface area contributed by atoms with Crippen molar-refractivity contribution in [1.82, 2.24) is 25.3 Å². The number of thiazole rings is 1. The van der Waals surface area contributed by atoms with Gasteiger partial charge in [-0.3, -0.25) is 19.1 Å². The second-order valence-corrected chi connectivity index (χ2v) is 11.6. The van der Waals surface area contributed by atoms with E-state index in [4.69, 9.17) is 25.6 Å². The summed E-state index contributed by atoms with van der Waals surface area (Å²) in [5, 5.41) is 8.48. The van der Waals surface area contributed by atoms with Gasteiger partial charge in [-0.2, -0.15) is 13.5 Å². The molecule has 19 heteroatoms. The highest BCUT2D eigenvalue weighted by atomic mass is 32.3. The number of aliphatic imine (C=N–C) groups is 1. The quantitative estimate of drug-likeness (QED) is 0.0562. The predicted octanol–water partition coefficient (Wildman–Crippen LogP) is 0.382. The third-order valence-corrected chi connectivity index (χ3v) is 7.02. The molecule has 2 atom stereocenters. The number of rotatable bonds is 13. The number of carbonyl (C=O) groups excluding carboxylic acids is 2.